The van der Waals surface area contributed by atoms with Crippen LogP contribution in [0.25, 0.3) is 32.7 Å². The molecule has 111 heavy (non-hydrogen) atoms. The number of pyridine rings is 3. The minimum atomic E-state index is -0.737. The number of para-hydroxylation sites is 1. The molecule has 6 heterocycles. The van der Waals surface area contributed by atoms with E-state index in [9.17, 15) is 47.5 Å². The minimum Gasteiger partial charge on any atom is -0.497 e. The number of carbonyl (C=O) groups excluding carboxylic acids is 6. The van der Waals surface area contributed by atoms with Crippen molar-refractivity contribution in [2.75, 3.05) is 141 Å². The number of aryl methyl sites for hydroxylation is 2. The highest BCUT2D eigenvalue weighted by atomic mass is 35.5. The summed E-state index contributed by atoms with van der Waals surface area (Å²) >= 11 is 24.5. The third kappa shape index (κ3) is 18.2. The van der Waals surface area contributed by atoms with Gasteiger partial charge in [0.25, 0.3) is 34.4 Å². The van der Waals surface area contributed by atoms with Crippen LogP contribution < -0.4 is 36.1 Å². The van der Waals surface area contributed by atoms with Gasteiger partial charge in [-0.05, 0) is 163 Å². The van der Waals surface area contributed by atoms with E-state index in [1.807, 2.05) is 83.1 Å². The molecule has 7 aromatic carbocycles. The summed E-state index contributed by atoms with van der Waals surface area (Å²) in [6, 6.07) is 43.0. The van der Waals surface area contributed by atoms with Crippen LogP contribution in [0.1, 0.15) is 94.0 Å². The number of esters is 3. The summed E-state index contributed by atoms with van der Waals surface area (Å²) in [5.41, 5.74) is 5.63. The summed E-state index contributed by atoms with van der Waals surface area (Å²) in [6.07, 6.45) is 0. The number of rotatable bonds is 18. The number of hydrogen-bond acceptors (Lipinski definition) is 17. The first-order valence-corrected chi connectivity index (χ1v) is 37.9. The number of ether oxygens (including phenoxy) is 4. The van der Waals surface area contributed by atoms with Gasteiger partial charge in [0, 0.05) is 142 Å². The highest BCUT2D eigenvalue weighted by molar-refractivity contribution is 6.42. The van der Waals surface area contributed by atoms with Crippen molar-refractivity contribution in [1.29, 1.82) is 0 Å². The Morgan fingerprint density at radius 3 is 1.38 bits per heavy atom. The molecule has 3 fully saturated rings. The van der Waals surface area contributed by atoms with E-state index in [1.165, 1.54) is 21.3 Å². The van der Waals surface area contributed by atoms with Crippen LogP contribution in [0.5, 0.6) is 5.75 Å². The molecular formula is C83H85Cl4FN10O13. The van der Waals surface area contributed by atoms with E-state index in [0.29, 0.717) is 168 Å². The molecule has 0 bridgehead atoms. The minimum absolute atomic E-state index is 0.0311. The third-order valence-corrected chi connectivity index (χ3v) is 20.8. The number of piperazine rings is 3. The monoisotopic (exact) mass is 1590 g/mol. The average Bonchev–Trinajstić information content (AvgIpc) is 0.754. The van der Waals surface area contributed by atoms with E-state index >= 15 is 0 Å². The Morgan fingerprint density at radius 1 is 0.450 bits per heavy atom. The smallest absolute Gasteiger partial charge is 0.345 e. The molecule has 3 saturated heterocycles. The van der Waals surface area contributed by atoms with Crippen LogP contribution in [0.4, 0.5) is 21.5 Å². The number of nitrogens with zero attached hydrogens (tertiary/aromatic N) is 10. The molecule has 10 aromatic rings. The summed E-state index contributed by atoms with van der Waals surface area (Å²) in [7, 11) is 7.10. The van der Waals surface area contributed by atoms with Crippen molar-refractivity contribution in [2.24, 2.45) is 7.05 Å². The molecule has 3 aliphatic rings. The van der Waals surface area contributed by atoms with Gasteiger partial charge < -0.3 is 66.9 Å². The SMILES string of the molecule is CCOC(=O)c1c(N2CCN(C(=O)c3ccc(Cl)c(Cl)c3)CC2)c2ccccc2n(CCN(C)C)c1=O.CCOC(=O)c1c(N2CCN(C(=O)c3ccc(Cl)cc3)CC2)c2cc(C)ccc2n(C)c1=O.CCOC(=O)c1c(N2CCN(C(=O)c3ccc(OC)cc3)CC2)c2cc(Cl)ccc2n(Cc2ccc(F)cc2)c1=O. The first kappa shape index (κ1) is 81.2. The fraction of sp³-hybridized carbons (Fsp3) is 0.313. The van der Waals surface area contributed by atoms with E-state index < -0.39 is 23.5 Å². The van der Waals surface area contributed by atoms with E-state index in [-0.39, 0.29) is 77.7 Å². The summed E-state index contributed by atoms with van der Waals surface area (Å²) in [6.45, 7) is 13.9. The number of fused-ring (bicyclic) bond motifs is 3. The summed E-state index contributed by atoms with van der Waals surface area (Å²) in [4.78, 5) is 133. The summed E-state index contributed by atoms with van der Waals surface area (Å²) in [5, 5.41) is 3.96. The van der Waals surface area contributed by atoms with Crippen molar-refractivity contribution in [1.82, 2.24) is 33.3 Å². The van der Waals surface area contributed by atoms with Crippen molar-refractivity contribution in [3.05, 3.63) is 253 Å². The van der Waals surface area contributed by atoms with Crippen molar-refractivity contribution in [3.63, 3.8) is 0 Å². The van der Waals surface area contributed by atoms with Crippen LogP contribution in [0.2, 0.25) is 20.1 Å². The first-order chi connectivity index (χ1) is 53.3. The maximum Gasteiger partial charge on any atom is 0.345 e. The number of carbonyl (C=O) groups is 6. The lowest BCUT2D eigenvalue weighted by atomic mass is 10.0. The zero-order valence-corrected chi connectivity index (χ0v) is 65.9. The highest BCUT2D eigenvalue weighted by Gasteiger charge is 2.35. The fourth-order valence-electron chi connectivity index (χ4n) is 13.9. The highest BCUT2D eigenvalue weighted by Crippen LogP contribution is 2.36. The standard InChI is InChI=1S/C31H29ClFN3O5.C27H30Cl2N4O4.C25H26ClN3O4/c1-3-41-31(39)27-28(34-14-16-35(17-15-34)29(37)21-6-11-24(40-2)12-7-21)25-18-22(32)8-13-26(25)36(30(27)38)19-20-4-9-23(33)10-5-20;1-4-37-27(36)23-24(19-7-5-6-8-22(19)33(26(23)35)16-11-30(2)3)31-12-14-32(15-13-31)25(34)18-9-10-20(28)21(29)17-18;1-4-33-25(32)21-22(19-15-16(2)5-10-20(19)27(3)24(21)31)28-11-13-29(14-12-28)23(30)17-6-8-18(26)9-7-17/h4-13,18H,3,14-17,19H2,1-2H3;5-10,17H,4,11-16H2,1-3H3;5-10,15H,4,11-14H2,1-3H3. The van der Waals surface area contributed by atoms with Gasteiger partial charge in [0.1, 0.15) is 28.3 Å². The van der Waals surface area contributed by atoms with Gasteiger partial charge in [0.2, 0.25) is 0 Å². The van der Waals surface area contributed by atoms with Gasteiger partial charge >= 0.3 is 17.9 Å². The largest absolute Gasteiger partial charge is 0.497 e. The predicted molar refractivity (Wildman–Crippen MR) is 433 cm³/mol. The number of halogens is 5. The number of anilines is 3. The molecule has 0 aliphatic carbocycles. The van der Waals surface area contributed by atoms with E-state index in [0.717, 1.165) is 27.4 Å². The van der Waals surface area contributed by atoms with Gasteiger partial charge in [0.15, 0.2) is 0 Å². The number of methoxy groups -OCH3 is 1. The zero-order valence-electron chi connectivity index (χ0n) is 62.8. The summed E-state index contributed by atoms with van der Waals surface area (Å²) < 4.78 is 39.3. The lowest BCUT2D eigenvalue weighted by Crippen LogP contribution is -2.49. The molecule has 13 rings (SSSR count). The molecule has 0 radical (unpaired) electrons. The quantitative estimate of drug-likeness (QED) is 0.0574. The molecular weight excluding hydrogens is 1510 g/mol. The van der Waals surface area contributed by atoms with E-state index in [1.54, 1.807) is 151 Å². The van der Waals surface area contributed by atoms with Crippen LogP contribution in [0.3, 0.4) is 0 Å². The topological polar surface area (TPSA) is 228 Å². The van der Waals surface area contributed by atoms with Crippen molar-refractivity contribution in [2.45, 2.75) is 40.8 Å². The molecule has 3 aliphatic heterocycles. The second kappa shape index (κ2) is 36.4. The van der Waals surface area contributed by atoms with Crippen molar-refractivity contribution < 1.29 is 52.1 Å². The Morgan fingerprint density at radius 2 is 0.883 bits per heavy atom. The predicted octanol–water partition coefficient (Wildman–Crippen LogP) is 12.6. The second-order valence-corrected chi connectivity index (χ2v) is 28.6. The Balaban J connectivity index is 0.000000166. The molecule has 3 aromatic heterocycles. The van der Waals surface area contributed by atoms with Crippen LogP contribution >= 0.6 is 46.4 Å². The molecule has 23 nitrogen and oxygen atoms in total. The number of benzene rings is 7. The van der Waals surface area contributed by atoms with Gasteiger partial charge in [-0.25, -0.2) is 18.8 Å². The average molecular weight is 1590 g/mol. The maximum absolute atomic E-state index is 14.0. The first-order valence-electron chi connectivity index (χ1n) is 36.4. The molecule has 0 atom stereocenters. The zero-order chi connectivity index (χ0) is 79.5. The molecule has 580 valence electrons. The normalized spacial score (nSPS) is 13.7. The van der Waals surface area contributed by atoms with Crippen molar-refractivity contribution >= 4 is 132 Å². The van der Waals surface area contributed by atoms with Crippen LogP contribution in [-0.2, 0) is 34.3 Å². The fourth-order valence-corrected chi connectivity index (χ4v) is 14.5. The number of amides is 3. The van der Waals surface area contributed by atoms with Crippen LogP contribution in [0, 0.1) is 12.7 Å². The molecule has 0 unspecified atom stereocenters. The van der Waals surface area contributed by atoms with Crippen LogP contribution in [0.15, 0.2) is 166 Å². The molecule has 0 spiro atoms. The maximum atomic E-state index is 14.0. The number of hydrogen-bond donors (Lipinski definition) is 0. The van der Waals surface area contributed by atoms with Gasteiger partial charge in [-0.15, -0.1) is 0 Å². The van der Waals surface area contributed by atoms with Gasteiger partial charge in [0.05, 0.1) is 77.1 Å². The number of likely N-dealkylation sites (N-methyl/N-ethyl adjacent to an activating group) is 1. The summed E-state index contributed by atoms with van der Waals surface area (Å²) in [5.74, 6) is -2.05. The molecule has 0 saturated carbocycles. The van der Waals surface area contributed by atoms with Gasteiger partial charge in [-0.2, -0.15) is 0 Å². The third-order valence-electron chi connectivity index (χ3n) is 19.6. The lowest BCUT2D eigenvalue weighted by molar-refractivity contribution is 0.0514. The number of aromatic nitrogens is 3. The Kier molecular flexibility index (Phi) is 26.6. The van der Waals surface area contributed by atoms with E-state index in [2.05, 4.69) is 0 Å². The van der Waals surface area contributed by atoms with E-state index in [4.69, 9.17) is 65.4 Å². The Labute approximate surface area is 660 Å². The molecule has 28 heteroatoms. The lowest BCUT2D eigenvalue weighted by Gasteiger charge is -2.37. The second-order valence-electron chi connectivity index (χ2n) is 26.9. The Hall–Kier alpha value is -10.8. The molecule has 0 N–H and O–H groups in total. The van der Waals surface area contributed by atoms with Gasteiger partial charge in [-0.1, -0.05) is 88.4 Å². The molecule has 3 amide bonds. The van der Waals surface area contributed by atoms with Gasteiger partial charge in [-0.3, -0.25) is 28.8 Å². The van der Waals surface area contributed by atoms with Crippen LogP contribution in [-0.4, -0.2) is 195 Å². The Bertz CT molecular complexity index is 5350. The van der Waals surface area contributed by atoms with Crippen molar-refractivity contribution in [3.8, 4) is 5.75 Å².